The average molecular weight is 257 g/mol. The molecule has 0 aliphatic rings. The highest BCUT2D eigenvalue weighted by Gasteiger charge is 2.34. The number of likely N-dealkylation sites (N-methyl/N-ethyl adjacent to an activating group) is 1. The number of hydrogen-bond acceptors (Lipinski definition) is 2. The first-order chi connectivity index (χ1) is 8.34. The largest absolute Gasteiger partial charge is 0.480 e. The molecule has 0 aliphatic carbocycles. The molecule has 4 nitrogen and oxygen atoms in total. The van der Waals surface area contributed by atoms with Crippen molar-refractivity contribution in [3.05, 3.63) is 0 Å². The molecule has 0 bridgehead atoms. The van der Waals surface area contributed by atoms with Crippen LogP contribution in [0.2, 0.25) is 0 Å². The summed E-state index contributed by atoms with van der Waals surface area (Å²) < 4.78 is 0. The molecule has 0 atom stereocenters. The predicted octanol–water partition coefficient (Wildman–Crippen LogP) is 3.06. The molecular formula is C14H27NO3. The monoisotopic (exact) mass is 257 g/mol. The molecule has 0 spiro atoms. The second kappa shape index (κ2) is 8.11. The van der Waals surface area contributed by atoms with Crippen LogP contribution in [-0.4, -0.2) is 34.5 Å². The fourth-order valence-electron chi connectivity index (χ4n) is 1.68. The maximum Gasteiger partial charge on any atom is 0.329 e. The number of carbonyl (C=O) groups is 2. The molecule has 0 rings (SSSR count). The third kappa shape index (κ3) is 5.52. The number of carboxylic acids is 1. The van der Waals surface area contributed by atoms with Crippen LogP contribution in [0.25, 0.3) is 0 Å². The summed E-state index contributed by atoms with van der Waals surface area (Å²) in [6.45, 7) is 5.27. The lowest BCUT2D eigenvalue weighted by molar-refractivity contribution is -0.155. The van der Waals surface area contributed by atoms with Crippen molar-refractivity contribution < 1.29 is 14.7 Å². The Bertz CT molecular complexity index is 274. The van der Waals surface area contributed by atoms with Crippen molar-refractivity contribution in [3.63, 3.8) is 0 Å². The first-order valence-corrected chi connectivity index (χ1v) is 6.84. The first kappa shape index (κ1) is 16.9. The molecule has 1 amide bonds. The van der Waals surface area contributed by atoms with E-state index < -0.39 is 11.5 Å². The van der Waals surface area contributed by atoms with Crippen molar-refractivity contribution in [2.24, 2.45) is 0 Å². The van der Waals surface area contributed by atoms with E-state index in [9.17, 15) is 9.59 Å². The zero-order chi connectivity index (χ0) is 14.2. The van der Waals surface area contributed by atoms with E-state index >= 15 is 0 Å². The predicted molar refractivity (Wildman–Crippen MR) is 72.5 cm³/mol. The lowest BCUT2D eigenvalue weighted by Gasteiger charge is -2.31. The van der Waals surface area contributed by atoms with Gasteiger partial charge in [-0.05, 0) is 20.3 Å². The first-order valence-electron chi connectivity index (χ1n) is 6.84. The van der Waals surface area contributed by atoms with Gasteiger partial charge in [-0.25, -0.2) is 4.79 Å². The molecule has 0 aromatic rings. The number of unbranched alkanes of at least 4 members (excludes halogenated alkanes) is 5. The minimum atomic E-state index is -1.13. The third-order valence-electron chi connectivity index (χ3n) is 3.48. The zero-order valence-electron chi connectivity index (χ0n) is 12.2. The summed E-state index contributed by atoms with van der Waals surface area (Å²) in [6.07, 6.45) is 7.19. The normalized spacial score (nSPS) is 11.3. The number of carbonyl (C=O) groups excluding carboxylic acids is 1. The van der Waals surface area contributed by atoms with Gasteiger partial charge in [-0.15, -0.1) is 0 Å². The Hall–Kier alpha value is -1.06. The van der Waals surface area contributed by atoms with E-state index in [2.05, 4.69) is 6.92 Å². The summed E-state index contributed by atoms with van der Waals surface area (Å²) in [4.78, 5) is 24.2. The van der Waals surface area contributed by atoms with Gasteiger partial charge in [0.05, 0.1) is 0 Å². The maximum absolute atomic E-state index is 11.8. The van der Waals surface area contributed by atoms with Gasteiger partial charge in [-0.1, -0.05) is 39.0 Å². The van der Waals surface area contributed by atoms with E-state index in [1.54, 1.807) is 20.9 Å². The van der Waals surface area contributed by atoms with Gasteiger partial charge >= 0.3 is 5.97 Å². The molecule has 0 aromatic carbocycles. The highest BCUT2D eigenvalue weighted by atomic mass is 16.4. The van der Waals surface area contributed by atoms with Crippen LogP contribution in [-0.2, 0) is 9.59 Å². The number of rotatable bonds is 9. The molecule has 0 saturated heterocycles. The number of hydrogen-bond donors (Lipinski definition) is 1. The van der Waals surface area contributed by atoms with Crippen molar-refractivity contribution in [2.45, 2.75) is 71.3 Å². The van der Waals surface area contributed by atoms with Crippen LogP contribution in [0, 0.1) is 0 Å². The SMILES string of the molecule is CCCCCCCCC(=O)N(C)C(C)(C)C(=O)O. The van der Waals surface area contributed by atoms with Gasteiger partial charge in [0.2, 0.25) is 5.91 Å². The van der Waals surface area contributed by atoms with Gasteiger partial charge in [0, 0.05) is 13.5 Å². The summed E-state index contributed by atoms with van der Waals surface area (Å²) in [6, 6.07) is 0. The van der Waals surface area contributed by atoms with Crippen LogP contribution in [0.15, 0.2) is 0 Å². The fraction of sp³-hybridized carbons (Fsp3) is 0.857. The summed E-state index contributed by atoms with van der Waals surface area (Å²) in [5.74, 6) is -1.06. The van der Waals surface area contributed by atoms with Gasteiger partial charge in [-0.2, -0.15) is 0 Å². The van der Waals surface area contributed by atoms with E-state index in [4.69, 9.17) is 5.11 Å². The molecule has 0 aliphatic heterocycles. The Morgan fingerprint density at radius 3 is 2.06 bits per heavy atom. The third-order valence-corrected chi connectivity index (χ3v) is 3.48. The molecule has 0 unspecified atom stereocenters. The molecule has 106 valence electrons. The standard InChI is InChI=1S/C14H27NO3/c1-5-6-7-8-9-10-11-12(16)15(4)14(2,3)13(17)18/h5-11H2,1-4H3,(H,17,18). The minimum Gasteiger partial charge on any atom is -0.480 e. The molecule has 0 aromatic heterocycles. The van der Waals surface area contributed by atoms with E-state index in [0.717, 1.165) is 19.3 Å². The number of amides is 1. The van der Waals surface area contributed by atoms with Gasteiger partial charge in [0.15, 0.2) is 0 Å². The molecule has 4 heteroatoms. The van der Waals surface area contributed by atoms with E-state index in [-0.39, 0.29) is 5.91 Å². The van der Waals surface area contributed by atoms with E-state index in [0.29, 0.717) is 6.42 Å². The molecule has 0 radical (unpaired) electrons. The van der Waals surface area contributed by atoms with Gasteiger partial charge in [0.25, 0.3) is 0 Å². The zero-order valence-corrected chi connectivity index (χ0v) is 12.2. The summed E-state index contributed by atoms with van der Waals surface area (Å²) in [5.41, 5.74) is -1.13. The molecule has 0 fully saturated rings. The van der Waals surface area contributed by atoms with Crippen LogP contribution in [0.3, 0.4) is 0 Å². The smallest absolute Gasteiger partial charge is 0.329 e. The quantitative estimate of drug-likeness (QED) is 0.646. The van der Waals surface area contributed by atoms with Gasteiger partial charge < -0.3 is 10.0 Å². The second-order valence-electron chi connectivity index (χ2n) is 5.33. The summed E-state index contributed by atoms with van der Waals surface area (Å²) >= 11 is 0. The molecule has 0 heterocycles. The Morgan fingerprint density at radius 2 is 1.56 bits per heavy atom. The molecule has 1 N–H and O–H groups in total. The van der Waals surface area contributed by atoms with Crippen molar-refractivity contribution in [2.75, 3.05) is 7.05 Å². The Balaban J connectivity index is 3.92. The topological polar surface area (TPSA) is 57.6 Å². The maximum atomic E-state index is 11.8. The fourth-order valence-corrected chi connectivity index (χ4v) is 1.68. The minimum absolute atomic E-state index is 0.0853. The van der Waals surface area contributed by atoms with Crippen LogP contribution < -0.4 is 0 Å². The molecular weight excluding hydrogens is 230 g/mol. The summed E-state index contributed by atoms with van der Waals surface area (Å²) in [7, 11) is 1.56. The van der Waals surface area contributed by atoms with Gasteiger partial charge in [0.1, 0.15) is 5.54 Å². The Labute approximate surface area is 110 Å². The number of aliphatic carboxylic acids is 1. The number of carboxylic acid groups (broad SMARTS) is 1. The van der Waals surface area contributed by atoms with Crippen LogP contribution >= 0.6 is 0 Å². The lowest BCUT2D eigenvalue weighted by atomic mass is 10.0. The van der Waals surface area contributed by atoms with Crippen molar-refractivity contribution >= 4 is 11.9 Å². The van der Waals surface area contributed by atoms with Crippen LogP contribution in [0.1, 0.15) is 65.7 Å². The van der Waals surface area contributed by atoms with Crippen LogP contribution in [0.4, 0.5) is 0 Å². The van der Waals surface area contributed by atoms with E-state index in [1.165, 1.54) is 24.2 Å². The summed E-state index contributed by atoms with van der Waals surface area (Å²) in [5, 5.41) is 9.04. The van der Waals surface area contributed by atoms with Crippen molar-refractivity contribution in [1.29, 1.82) is 0 Å². The van der Waals surface area contributed by atoms with Crippen molar-refractivity contribution in [3.8, 4) is 0 Å². The lowest BCUT2D eigenvalue weighted by Crippen LogP contribution is -2.50. The highest BCUT2D eigenvalue weighted by molar-refractivity contribution is 5.86. The molecule has 18 heavy (non-hydrogen) atoms. The number of nitrogens with zero attached hydrogens (tertiary/aromatic N) is 1. The Morgan fingerprint density at radius 1 is 1.06 bits per heavy atom. The second-order valence-corrected chi connectivity index (χ2v) is 5.33. The average Bonchev–Trinajstić information content (AvgIpc) is 2.32. The van der Waals surface area contributed by atoms with Gasteiger partial charge in [-0.3, -0.25) is 4.79 Å². The van der Waals surface area contributed by atoms with Crippen molar-refractivity contribution in [1.82, 2.24) is 4.90 Å². The van der Waals surface area contributed by atoms with Crippen LogP contribution in [0.5, 0.6) is 0 Å². The van der Waals surface area contributed by atoms with E-state index in [1.807, 2.05) is 0 Å². The Kier molecular flexibility index (Phi) is 7.64. The highest BCUT2D eigenvalue weighted by Crippen LogP contribution is 2.15. The molecule has 0 saturated carbocycles.